The van der Waals surface area contributed by atoms with E-state index in [2.05, 4.69) is 29.6 Å². The van der Waals surface area contributed by atoms with Crippen LogP contribution >= 0.6 is 0 Å². The average molecular weight is 335 g/mol. The molecule has 1 aliphatic carbocycles. The highest BCUT2D eigenvalue weighted by molar-refractivity contribution is 7.91. The maximum atomic E-state index is 12.4. The van der Waals surface area contributed by atoms with Crippen LogP contribution in [0.1, 0.15) is 44.1 Å². The van der Waals surface area contributed by atoms with Gasteiger partial charge in [0.2, 0.25) is 5.91 Å². The van der Waals surface area contributed by atoms with Crippen molar-refractivity contribution in [1.29, 1.82) is 0 Å². The molecule has 0 bridgehead atoms. The van der Waals surface area contributed by atoms with Gasteiger partial charge in [-0.2, -0.15) is 0 Å². The number of rotatable bonds is 4. The zero-order valence-corrected chi connectivity index (χ0v) is 14.3. The quantitative estimate of drug-likeness (QED) is 0.919. The standard InChI is InChI=1S/C18H25NO3S/c20-17(15-9-12-23(21,22)13-15)19-14-18(10-5-2-6-11-18)16-7-3-1-4-8-16/h1,3-4,7-8,15H,2,5-6,9-14H2,(H,19,20). The molecule has 1 N–H and O–H groups in total. The van der Waals surface area contributed by atoms with Gasteiger partial charge in [-0.25, -0.2) is 8.42 Å². The smallest absolute Gasteiger partial charge is 0.224 e. The summed E-state index contributed by atoms with van der Waals surface area (Å²) < 4.78 is 23.1. The SMILES string of the molecule is O=C(NCC1(c2ccccc2)CCCCC1)C1CCS(=O)(=O)C1. The Kier molecular flexibility index (Phi) is 4.76. The number of carbonyl (C=O) groups excluding carboxylic acids is 1. The Morgan fingerprint density at radius 3 is 2.43 bits per heavy atom. The van der Waals surface area contributed by atoms with Crippen LogP contribution in [-0.4, -0.2) is 32.4 Å². The molecule has 1 saturated carbocycles. The molecule has 1 aliphatic heterocycles. The molecule has 126 valence electrons. The van der Waals surface area contributed by atoms with Gasteiger partial charge in [0.25, 0.3) is 0 Å². The highest BCUT2D eigenvalue weighted by Gasteiger charge is 2.37. The van der Waals surface area contributed by atoms with Crippen LogP contribution in [0, 0.1) is 5.92 Å². The highest BCUT2D eigenvalue weighted by Crippen LogP contribution is 2.39. The zero-order chi connectivity index (χ0) is 16.3. The van der Waals surface area contributed by atoms with E-state index in [1.165, 1.54) is 24.8 Å². The second-order valence-corrected chi connectivity index (χ2v) is 9.25. The summed E-state index contributed by atoms with van der Waals surface area (Å²) in [5.74, 6) is -0.296. The molecule has 1 atom stereocenters. The number of benzene rings is 1. The largest absolute Gasteiger partial charge is 0.355 e. The first-order valence-electron chi connectivity index (χ1n) is 8.54. The minimum absolute atomic E-state index is 0.00660. The maximum absolute atomic E-state index is 12.4. The molecule has 1 aromatic rings. The fourth-order valence-corrected chi connectivity index (χ4v) is 5.73. The van der Waals surface area contributed by atoms with E-state index in [4.69, 9.17) is 0 Å². The predicted molar refractivity (Wildman–Crippen MR) is 91.0 cm³/mol. The summed E-state index contributed by atoms with van der Waals surface area (Å²) in [4.78, 5) is 12.4. The van der Waals surface area contributed by atoms with E-state index in [9.17, 15) is 13.2 Å². The zero-order valence-electron chi connectivity index (χ0n) is 13.5. The lowest BCUT2D eigenvalue weighted by molar-refractivity contribution is -0.124. The van der Waals surface area contributed by atoms with E-state index in [0.29, 0.717) is 13.0 Å². The second kappa shape index (κ2) is 6.63. The third-order valence-electron chi connectivity index (χ3n) is 5.40. The number of carbonyl (C=O) groups is 1. The first-order valence-corrected chi connectivity index (χ1v) is 10.4. The molecule has 0 spiro atoms. The Hall–Kier alpha value is -1.36. The van der Waals surface area contributed by atoms with Crippen molar-refractivity contribution >= 4 is 15.7 Å². The number of nitrogens with one attached hydrogen (secondary N) is 1. The Morgan fingerprint density at radius 1 is 1.13 bits per heavy atom. The van der Waals surface area contributed by atoms with E-state index in [-0.39, 0.29) is 28.7 Å². The number of hydrogen-bond acceptors (Lipinski definition) is 3. The number of sulfone groups is 1. The summed E-state index contributed by atoms with van der Waals surface area (Å²) in [6.07, 6.45) is 6.25. The molecule has 5 heteroatoms. The average Bonchev–Trinajstić information content (AvgIpc) is 2.94. The molecule has 1 saturated heterocycles. The third-order valence-corrected chi connectivity index (χ3v) is 7.17. The van der Waals surface area contributed by atoms with E-state index >= 15 is 0 Å². The van der Waals surface area contributed by atoms with Crippen LogP contribution in [0.2, 0.25) is 0 Å². The van der Waals surface area contributed by atoms with Crippen molar-refractivity contribution in [3.63, 3.8) is 0 Å². The van der Waals surface area contributed by atoms with Gasteiger partial charge in [0.05, 0.1) is 17.4 Å². The fourth-order valence-electron chi connectivity index (χ4n) is 3.99. The summed E-state index contributed by atoms with van der Waals surface area (Å²) >= 11 is 0. The van der Waals surface area contributed by atoms with Crippen molar-refractivity contribution in [2.24, 2.45) is 5.92 Å². The molecule has 1 unspecified atom stereocenters. The van der Waals surface area contributed by atoms with Crippen molar-refractivity contribution in [3.05, 3.63) is 35.9 Å². The monoisotopic (exact) mass is 335 g/mol. The molecule has 0 radical (unpaired) electrons. The van der Waals surface area contributed by atoms with Gasteiger partial charge in [0.1, 0.15) is 0 Å². The Labute approximate surface area is 138 Å². The molecule has 1 heterocycles. The van der Waals surface area contributed by atoms with Gasteiger partial charge in [0.15, 0.2) is 9.84 Å². The summed E-state index contributed by atoms with van der Waals surface area (Å²) in [6.45, 7) is 0.617. The van der Waals surface area contributed by atoms with Gasteiger partial charge in [-0.05, 0) is 24.8 Å². The predicted octanol–water partition coefficient (Wildman–Crippen LogP) is 2.44. The van der Waals surface area contributed by atoms with Gasteiger partial charge in [0, 0.05) is 12.0 Å². The first-order chi connectivity index (χ1) is 11.0. The molecule has 3 rings (SSSR count). The highest BCUT2D eigenvalue weighted by atomic mass is 32.2. The summed E-state index contributed by atoms with van der Waals surface area (Å²) in [6, 6.07) is 10.4. The first kappa shape index (κ1) is 16.5. The molecule has 2 fully saturated rings. The lowest BCUT2D eigenvalue weighted by Crippen LogP contribution is -2.44. The molecular formula is C18H25NO3S. The molecule has 1 amide bonds. The lowest BCUT2D eigenvalue weighted by atomic mass is 9.69. The van der Waals surface area contributed by atoms with Gasteiger partial charge < -0.3 is 5.32 Å². The molecule has 2 aliphatic rings. The molecule has 0 aromatic heterocycles. The van der Waals surface area contributed by atoms with Crippen molar-refractivity contribution < 1.29 is 13.2 Å². The van der Waals surface area contributed by atoms with Gasteiger partial charge >= 0.3 is 0 Å². The van der Waals surface area contributed by atoms with E-state index in [0.717, 1.165) is 12.8 Å². The minimum Gasteiger partial charge on any atom is -0.355 e. The topological polar surface area (TPSA) is 63.2 Å². The normalized spacial score (nSPS) is 25.8. The molecular weight excluding hydrogens is 310 g/mol. The maximum Gasteiger partial charge on any atom is 0.224 e. The van der Waals surface area contributed by atoms with Crippen molar-refractivity contribution in [3.8, 4) is 0 Å². The second-order valence-electron chi connectivity index (χ2n) is 7.02. The van der Waals surface area contributed by atoms with Crippen molar-refractivity contribution in [1.82, 2.24) is 5.32 Å². The number of amides is 1. The summed E-state index contributed by atoms with van der Waals surface area (Å²) in [5, 5.41) is 3.07. The number of hydrogen-bond donors (Lipinski definition) is 1. The van der Waals surface area contributed by atoms with Crippen LogP contribution in [0.15, 0.2) is 30.3 Å². The van der Waals surface area contributed by atoms with E-state index in [1.54, 1.807) is 0 Å². The van der Waals surface area contributed by atoms with E-state index in [1.807, 2.05) is 6.07 Å². The fraction of sp³-hybridized carbons (Fsp3) is 0.611. The van der Waals surface area contributed by atoms with Crippen LogP contribution in [-0.2, 0) is 20.0 Å². The van der Waals surface area contributed by atoms with Gasteiger partial charge in [-0.3, -0.25) is 4.79 Å². The van der Waals surface area contributed by atoms with Crippen LogP contribution in [0.25, 0.3) is 0 Å². The summed E-state index contributed by atoms with van der Waals surface area (Å²) in [7, 11) is -3.01. The van der Waals surface area contributed by atoms with Crippen LogP contribution in [0.4, 0.5) is 0 Å². The summed E-state index contributed by atoms with van der Waals surface area (Å²) in [5.41, 5.74) is 1.30. The van der Waals surface area contributed by atoms with Gasteiger partial charge in [-0.1, -0.05) is 49.6 Å². The minimum atomic E-state index is -3.01. The van der Waals surface area contributed by atoms with Crippen molar-refractivity contribution in [2.45, 2.75) is 43.9 Å². The molecule has 4 nitrogen and oxygen atoms in total. The molecule has 23 heavy (non-hydrogen) atoms. The Morgan fingerprint density at radius 2 is 1.83 bits per heavy atom. The van der Waals surface area contributed by atoms with Gasteiger partial charge in [-0.15, -0.1) is 0 Å². The third kappa shape index (κ3) is 3.77. The van der Waals surface area contributed by atoms with Crippen LogP contribution < -0.4 is 5.32 Å². The Bertz CT molecular complexity index is 648. The van der Waals surface area contributed by atoms with E-state index < -0.39 is 9.84 Å². The molecule has 1 aromatic carbocycles. The lowest BCUT2D eigenvalue weighted by Gasteiger charge is -2.38. The van der Waals surface area contributed by atoms with Crippen LogP contribution in [0.5, 0.6) is 0 Å². The van der Waals surface area contributed by atoms with Crippen LogP contribution in [0.3, 0.4) is 0 Å². The Balaban J connectivity index is 1.69. The van der Waals surface area contributed by atoms with Crippen molar-refractivity contribution in [2.75, 3.05) is 18.1 Å².